The highest BCUT2D eigenvalue weighted by atomic mass is 32.2. The molecule has 1 amide bonds. The van der Waals surface area contributed by atoms with E-state index in [0.29, 0.717) is 37.4 Å². The SMILES string of the molecule is CC(N)CCNC(=O)C1CCN(S(=O)(=O)c2ccc3c(c2)CCC3)CC1. The smallest absolute Gasteiger partial charge is 0.243 e. The molecule has 7 heteroatoms. The number of carbonyl (C=O) groups excluding carboxylic acids is 1. The van der Waals surface area contributed by atoms with E-state index in [1.165, 1.54) is 9.87 Å². The van der Waals surface area contributed by atoms with E-state index in [1.807, 2.05) is 19.1 Å². The van der Waals surface area contributed by atoms with Crippen LogP contribution < -0.4 is 11.1 Å². The number of sulfonamides is 1. The lowest BCUT2D eigenvalue weighted by Crippen LogP contribution is -2.43. The number of benzene rings is 1. The number of rotatable bonds is 6. The molecule has 3 rings (SSSR count). The minimum absolute atomic E-state index is 0.0141. The van der Waals surface area contributed by atoms with E-state index in [2.05, 4.69) is 5.32 Å². The van der Waals surface area contributed by atoms with Crippen molar-refractivity contribution in [1.29, 1.82) is 0 Å². The van der Waals surface area contributed by atoms with Crippen LogP contribution in [-0.4, -0.2) is 44.3 Å². The van der Waals surface area contributed by atoms with Crippen LogP contribution in [0, 0.1) is 5.92 Å². The minimum atomic E-state index is -3.48. The summed E-state index contributed by atoms with van der Waals surface area (Å²) < 4.78 is 27.4. The normalized spacial score (nSPS) is 19.9. The highest BCUT2D eigenvalue weighted by Crippen LogP contribution is 2.28. The van der Waals surface area contributed by atoms with Crippen molar-refractivity contribution in [3.05, 3.63) is 29.3 Å². The highest BCUT2D eigenvalue weighted by Gasteiger charge is 2.32. The van der Waals surface area contributed by atoms with Crippen molar-refractivity contribution in [3.8, 4) is 0 Å². The van der Waals surface area contributed by atoms with Crippen molar-refractivity contribution >= 4 is 15.9 Å². The van der Waals surface area contributed by atoms with Gasteiger partial charge in [-0.25, -0.2) is 8.42 Å². The molecule has 1 aliphatic heterocycles. The Bertz CT molecular complexity index is 753. The average molecular weight is 380 g/mol. The number of fused-ring (bicyclic) bond motifs is 1. The van der Waals surface area contributed by atoms with Crippen LogP contribution >= 0.6 is 0 Å². The first-order chi connectivity index (χ1) is 12.4. The Balaban J connectivity index is 1.58. The zero-order chi connectivity index (χ0) is 18.7. The summed E-state index contributed by atoms with van der Waals surface area (Å²) in [5, 5.41) is 2.91. The second-order valence-corrected chi connectivity index (χ2v) is 9.46. The van der Waals surface area contributed by atoms with Crippen molar-refractivity contribution in [2.24, 2.45) is 11.7 Å². The number of nitrogens with one attached hydrogen (secondary N) is 1. The highest BCUT2D eigenvalue weighted by molar-refractivity contribution is 7.89. The Hall–Kier alpha value is -1.44. The Morgan fingerprint density at radius 3 is 2.65 bits per heavy atom. The van der Waals surface area contributed by atoms with Crippen molar-refractivity contribution in [1.82, 2.24) is 9.62 Å². The summed E-state index contributed by atoms with van der Waals surface area (Å²) in [6.45, 7) is 3.27. The summed E-state index contributed by atoms with van der Waals surface area (Å²) in [4.78, 5) is 12.6. The molecule has 0 aromatic heterocycles. The fourth-order valence-electron chi connectivity index (χ4n) is 3.78. The maximum Gasteiger partial charge on any atom is 0.243 e. The van der Waals surface area contributed by atoms with Crippen LogP contribution in [0.25, 0.3) is 0 Å². The number of amides is 1. The van der Waals surface area contributed by atoms with Crippen molar-refractivity contribution in [3.63, 3.8) is 0 Å². The monoisotopic (exact) mass is 379 g/mol. The summed E-state index contributed by atoms with van der Waals surface area (Å²) in [6, 6.07) is 5.58. The third kappa shape index (κ3) is 4.27. The Labute approximate surface area is 156 Å². The molecular formula is C19H29N3O3S. The lowest BCUT2D eigenvalue weighted by atomic mass is 9.97. The molecule has 2 aliphatic rings. The number of carbonyl (C=O) groups is 1. The third-order valence-corrected chi connectivity index (χ3v) is 7.33. The van der Waals surface area contributed by atoms with Crippen LogP contribution in [0.3, 0.4) is 0 Å². The molecule has 0 spiro atoms. The van der Waals surface area contributed by atoms with Gasteiger partial charge in [-0.2, -0.15) is 4.31 Å². The van der Waals surface area contributed by atoms with Gasteiger partial charge in [0, 0.05) is 31.6 Å². The molecule has 1 aliphatic carbocycles. The van der Waals surface area contributed by atoms with Gasteiger partial charge in [0.25, 0.3) is 0 Å². The molecule has 144 valence electrons. The zero-order valence-electron chi connectivity index (χ0n) is 15.4. The van der Waals surface area contributed by atoms with Crippen LogP contribution in [0.5, 0.6) is 0 Å². The molecule has 6 nitrogen and oxygen atoms in total. The fraction of sp³-hybridized carbons (Fsp3) is 0.632. The summed E-state index contributed by atoms with van der Waals surface area (Å²) in [6.07, 6.45) is 4.98. The predicted molar refractivity (Wildman–Crippen MR) is 101 cm³/mol. The van der Waals surface area contributed by atoms with E-state index in [9.17, 15) is 13.2 Å². The van der Waals surface area contributed by atoms with Gasteiger partial charge in [-0.05, 0) is 68.7 Å². The molecule has 0 radical (unpaired) electrons. The molecule has 1 heterocycles. The predicted octanol–water partition coefficient (Wildman–Crippen LogP) is 1.43. The largest absolute Gasteiger partial charge is 0.356 e. The first kappa shape index (κ1) is 19.3. The molecule has 1 atom stereocenters. The van der Waals surface area contributed by atoms with Crippen LogP contribution in [0.15, 0.2) is 23.1 Å². The first-order valence-corrected chi connectivity index (χ1v) is 11.0. The quantitative estimate of drug-likeness (QED) is 0.782. The van der Waals surface area contributed by atoms with Gasteiger partial charge >= 0.3 is 0 Å². The summed E-state index contributed by atoms with van der Waals surface area (Å²) >= 11 is 0. The van der Waals surface area contributed by atoms with E-state index in [4.69, 9.17) is 5.73 Å². The van der Waals surface area contributed by atoms with Crippen LogP contribution in [0.1, 0.15) is 43.7 Å². The van der Waals surface area contributed by atoms with E-state index in [0.717, 1.165) is 31.2 Å². The standard InChI is InChI=1S/C19H29N3O3S/c1-14(20)7-10-21-19(23)16-8-11-22(12-9-16)26(24,25)18-6-5-15-3-2-4-17(15)13-18/h5-6,13-14,16H,2-4,7-12,20H2,1H3,(H,21,23). The van der Waals surface area contributed by atoms with Crippen LogP contribution in [0.4, 0.5) is 0 Å². The lowest BCUT2D eigenvalue weighted by molar-refractivity contribution is -0.126. The minimum Gasteiger partial charge on any atom is -0.356 e. The van der Waals surface area contributed by atoms with Crippen molar-refractivity contribution in [2.75, 3.05) is 19.6 Å². The Morgan fingerprint density at radius 2 is 1.96 bits per heavy atom. The maximum absolute atomic E-state index is 12.9. The van der Waals surface area contributed by atoms with Gasteiger partial charge in [0.2, 0.25) is 15.9 Å². The van der Waals surface area contributed by atoms with E-state index >= 15 is 0 Å². The van der Waals surface area contributed by atoms with Crippen LogP contribution in [-0.2, 0) is 27.7 Å². The summed E-state index contributed by atoms with van der Waals surface area (Å²) in [7, 11) is -3.48. The topological polar surface area (TPSA) is 92.5 Å². The fourth-order valence-corrected chi connectivity index (χ4v) is 5.30. The van der Waals surface area contributed by atoms with E-state index in [1.54, 1.807) is 6.07 Å². The van der Waals surface area contributed by atoms with E-state index in [-0.39, 0.29) is 17.9 Å². The van der Waals surface area contributed by atoms with Gasteiger partial charge in [-0.1, -0.05) is 6.07 Å². The lowest BCUT2D eigenvalue weighted by Gasteiger charge is -2.30. The molecule has 3 N–H and O–H groups in total. The van der Waals surface area contributed by atoms with Gasteiger partial charge in [0.1, 0.15) is 0 Å². The first-order valence-electron chi connectivity index (χ1n) is 9.53. The molecule has 1 aromatic carbocycles. The number of nitrogens with two attached hydrogens (primary N) is 1. The molecular weight excluding hydrogens is 350 g/mol. The van der Waals surface area contributed by atoms with Gasteiger partial charge in [0.15, 0.2) is 0 Å². The number of hydrogen-bond donors (Lipinski definition) is 2. The van der Waals surface area contributed by atoms with Gasteiger partial charge in [0.05, 0.1) is 4.90 Å². The van der Waals surface area contributed by atoms with Gasteiger partial charge < -0.3 is 11.1 Å². The average Bonchev–Trinajstić information content (AvgIpc) is 3.09. The summed E-state index contributed by atoms with van der Waals surface area (Å²) in [5.41, 5.74) is 8.12. The number of piperidine rings is 1. The summed E-state index contributed by atoms with van der Waals surface area (Å²) in [5.74, 6) is -0.102. The van der Waals surface area contributed by atoms with Crippen molar-refractivity contribution < 1.29 is 13.2 Å². The molecule has 1 saturated heterocycles. The number of nitrogens with zero attached hydrogens (tertiary/aromatic N) is 1. The van der Waals surface area contributed by atoms with Gasteiger partial charge in [-0.15, -0.1) is 0 Å². The van der Waals surface area contributed by atoms with E-state index < -0.39 is 10.0 Å². The Kier molecular flexibility index (Phi) is 5.99. The maximum atomic E-state index is 12.9. The van der Waals surface area contributed by atoms with Gasteiger partial charge in [-0.3, -0.25) is 4.79 Å². The molecule has 0 saturated carbocycles. The molecule has 1 aromatic rings. The van der Waals surface area contributed by atoms with Crippen LogP contribution in [0.2, 0.25) is 0 Å². The third-order valence-electron chi connectivity index (χ3n) is 5.43. The second kappa shape index (κ2) is 8.06. The molecule has 26 heavy (non-hydrogen) atoms. The molecule has 1 fully saturated rings. The molecule has 1 unspecified atom stereocenters. The second-order valence-electron chi connectivity index (χ2n) is 7.52. The number of aryl methyl sites for hydroxylation is 2. The Morgan fingerprint density at radius 1 is 1.27 bits per heavy atom. The molecule has 0 bridgehead atoms. The zero-order valence-corrected chi connectivity index (χ0v) is 16.2. The van der Waals surface area contributed by atoms with Crippen molar-refractivity contribution in [2.45, 2.75) is 56.4 Å². The number of hydrogen-bond acceptors (Lipinski definition) is 4.